The van der Waals surface area contributed by atoms with Crippen molar-refractivity contribution in [3.63, 3.8) is 0 Å². The van der Waals surface area contributed by atoms with E-state index in [2.05, 4.69) is 10.6 Å². The first-order valence-electron chi connectivity index (χ1n) is 15.0. The number of aliphatic hydroxyl groups is 3. The van der Waals surface area contributed by atoms with E-state index < -0.39 is 57.0 Å². The molecule has 2 aromatic rings. The number of nitrogens with one attached hydrogen (secondary N) is 2. The fraction of sp³-hybridized carbons (Fsp3) is 0.412. The molecule has 0 radical (unpaired) electrons. The molecule has 1 unspecified atom stereocenters. The van der Waals surface area contributed by atoms with Gasteiger partial charge in [-0.2, -0.15) is 0 Å². The first kappa shape index (κ1) is 32.9. The van der Waals surface area contributed by atoms with Crippen LogP contribution >= 0.6 is 0 Å². The molecule has 3 aliphatic carbocycles. The Kier molecular flexibility index (Phi) is 7.91. The number of anilines is 1. The van der Waals surface area contributed by atoms with Crippen LogP contribution in [-0.2, 0) is 25.6 Å². The summed E-state index contributed by atoms with van der Waals surface area (Å²) in [6.07, 6.45) is 0.336. The molecule has 12 heteroatoms. The van der Waals surface area contributed by atoms with Crippen molar-refractivity contribution in [2.24, 2.45) is 16.6 Å². The summed E-state index contributed by atoms with van der Waals surface area (Å²) in [6.45, 7) is 5.13. The number of nitrogens with zero attached hydrogens (tertiary/aromatic N) is 1. The van der Waals surface area contributed by atoms with Gasteiger partial charge in [-0.25, -0.2) is 0 Å². The van der Waals surface area contributed by atoms with Crippen molar-refractivity contribution >= 4 is 34.8 Å². The maximum atomic E-state index is 14.4. The maximum absolute atomic E-state index is 14.4. The van der Waals surface area contributed by atoms with E-state index in [0.717, 1.165) is 0 Å². The van der Waals surface area contributed by atoms with Crippen LogP contribution in [-0.4, -0.2) is 87.5 Å². The van der Waals surface area contributed by atoms with Crippen LogP contribution in [0.5, 0.6) is 5.75 Å². The lowest BCUT2D eigenvalue weighted by atomic mass is 9.46. The molecule has 2 aromatic carbocycles. The predicted molar refractivity (Wildman–Crippen MR) is 171 cm³/mol. The molecule has 0 aromatic heterocycles. The van der Waals surface area contributed by atoms with E-state index in [9.17, 15) is 39.6 Å². The normalized spacial score (nSPS) is 28.0. The number of ketones is 2. The Morgan fingerprint density at radius 3 is 2.26 bits per heavy atom. The number of rotatable bonds is 7. The molecule has 0 spiro atoms. The smallest absolute Gasteiger partial charge is 0.255 e. The average molecular weight is 633 g/mol. The first-order chi connectivity index (χ1) is 21.4. The molecular formula is C34H40N4O8. The number of Topliss-reactive ketones (excluding diaryl/α,β-unsaturated/α-hetero) is 2. The largest absolute Gasteiger partial charge is 0.508 e. The van der Waals surface area contributed by atoms with Crippen LogP contribution in [0.1, 0.15) is 44.7 Å². The highest BCUT2D eigenvalue weighted by Gasteiger charge is 2.72. The van der Waals surface area contributed by atoms with Gasteiger partial charge in [0.25, 0.3) is 5.91 Å². The molecule has 8 N–H and O–H groups in total. The van der Waals surface area contributed by atoms with Crippen molar-refractivity contribution < 1.29 is 39.6 Å². The highest BCUT2D eigenvalue weighted by molar-refractivity contribution is 6.25. The fourth-order valence-corrected chi connectivity index (χ4v) is 7.92. The lowest BCUT2D eigenvalue weighted by Gasteiger charge is -2.59. The third-order valence-corrected chi connectivity index (χ3v) is 9.98. The van der Waals surface area contributed by atoms with Gasteiger partial charge < -0.3 is 36.8 Å². The Morgan fingerprint density at radius 2 is 1.70 bits per heavy atom. The molecule has 1 saturated carbocycles. The highest BCUT2D eigenvalue weighted by atomic mass is 16.3. The summed E-state index contributed by atoms with van der Waals surface area (Å²) in [4.78, 5) is 54.2. The molecule has 2 amide bonds. The number of phenolic OH excluding ortho intramolecular Hbond substituents is 1. The summed E-state index contributed by atoms with van der Waals surface area (Å²) in [5.74, 6) is -5.37. The Morgan fingerprint density at radius 1 is 1.07 bits per heavy atom. The zero-order chi connectivity index (χ0) is 34.1. The number of benzene rings is 2. The Balaban J connectivity index is 1.65. The van der Waals surface area contributed by atoms with Gasteiger partial charge in [-0.05, 0) is 75.8 Å². The van der Waals surface area contributed by atoms with Crippen molar-refractivity contribution in [3.8, 4) is 16.9 Å². The van der Waals surface area contributed by atoms with E-state index in [4.69, 9.17) is 5.73 Å². The number of aromatic hydroxyl groups is 1. The van der Waals surface area contributed by atoms with Gasteiger partial charge in [-0.1, -0.05) is 32.0 Å². The number of carbonyl (C=O) groups excluding carboxylic acids is 4. The van der Waals surface area contributed by atoms with Gasteiger partial charge in [0.15, 0.2) is 11.4 Å². The number of hydrogen-bond acceptors (Lipinski definition) is 10. The zero-order valence-corrected chi connectivity index (χ0v) is 26.7. The molecule has 1 fully saturated rings. The van der Waals surface area contributed by atoms with Gasteiger partial charge in [-0.15, -0.1) is 0 Å². The maximum Gasteiger partial charge on any atom is 0.255 e. The summed E-state index contributed by atoms with van der Waals surface area (Å²) in [5, 5.41) is 51.9. The predicted octanol–water partition coefficient (Wildman–Crippen LogP) is 2.35. The summed E-state index contributed by atoms with van der Waals surface area (Å²) in [7, 11) is 4.90. The molecule has 5 rings (SSSR count). The third kappa shape index (κ3) is 4.62. The fourth-order valence-electron chi connectivity index (χ4n) is 7.92. The molecule has 46 heavy (non-hydrogen) atoms. The number of nitrogens with two attached hydrogens (primary N) is 1. The van der Waals surface area contributed by atoms with Gasteiger partial charge in [0.05, 0.1) is 11.6 Å². The van der Waals surface area contributed by atoms with Crippen molar-refractivity contribution in [3.05, 3.63) is 64.4 Å². The van der Waals surface area contributed by atoms with Gasteiger partial charge >= 0.3 is 0 Å². The lowest BCUT2D eigenvalue weighted by Crippen LogP contribution is -2.72. The van der Waals surface area contributed by atoms with E-state index >= 15 is 0 Å². The second-order valence-corrected chi connectivity index (χ2v) is 13.4. The standard InChI is InChI=1S/C34H40N4O8/c1-16(36-4)13-22(40)37-18-9-7-17(8-10-18)19-11-12-21(39)23-20(19)14-32(2)15-33(3)28(38(5)6)27(42)24(31(35)45)29(43)34(33,46)30(44)25(32)26(23)41/h7-12,16,28,36,39,41,43,46H,13-15H2,1-6H3,(H2,35,45)(H,37,40)/t16?,28-,32+,33+,34-/m1/s1. The van der Waals surface area contributed by atoms with Crippen molar-refractivity contribution in [2.45, 2.75) is 57.7 Å². The van der Waals surface area contributed by atoms with Crippen molar-refractivity contribution in [1.82, 2.24) is 10.2 Å². The molecule has 3 aliphatic rings. The summed E-state index contributed by atoms with van der Waals surface area (Å²) in [6, 6.07) is 8.94. The third-order valence-electron chi connectivity index (χ3n) is 9.98. The van der Waals surface area contributed by atoms with Crippen LogP contribution in [0.4, 0.5) is 5.69 Å². The molecule has 12 nitrogen and oxygen atoms in total. The van der Waals surface area contributed by atoms with Crippen molar-refractivity contribution in [1.29, 1.82) is 0 Å². The highest BCUT2D eigenvalue weighted by Crippen LogP contribution is 2.63. The van der Waals surface area contributed by atoms with Crippen LogP contribution in [0.3, 0.4) is 0 Å². The summed E-state index contributed by atoms with van der Waals surface area (Å²) >= 11 is 0. The summed E-state index contributed by atoms with van der Waals surface area (Å²) < 4.78 is 0. The molecular weight excluding hydrogens is 592 g/mol. The van der Waals surface area contributed by atoms with Crippen LogP contribution in [0, 0.1) is 10.8 Å². The molecule has 0 bridgehead atoms. The zero-order valence-electron chi connectivity index (χ0n) is 26.7. The Bertz CT molecular complexity index is 1750. The molecule has 0 saturated heterocycles. The van der Waals surface area contributed by atoms with Gasteiger partial charge in [0.1, 0.15) is 22.8 Å². The van der Waals surface area contributed by atoms with E-state index in [1.807, 2.05) is 6.92 Å². The minimum atomic E-state index is -2.78. The molecule has 0 aliphatic heterocycles. The topological polar surface area (TPSA) is 203 Å². The Hall–Kier alpha value is -4.52. The quantitative estimate of drug-likeness (QED) is 0.222. The van der Waals surface area contributed by atoms with Crippen LogP contribution in [0.15, 0.2) is 53.3 Å². The Labute approximate surface area is 266 Å². The monoisotopic (exact) mass is 632 g/mol. The lowest BCUT2D eigenvalue weighted by molar-refractivity contribution is -0.176. The van der Waals surface area contributed by atoms with Gasteiger partial charge in [0, 0.05) is 34.6 Å². The van der Waals surface area contributed by atoms with Crippen LogP contribution in [0.25, 0.3) is 16.9 Å². The van der Waals surface area contributed by atoms with E-state index in [-0.39, 0.29) is 41.7 Å². The van der Waals surface area contributed by atoms with E-state index in [1.54, 1.807) is 58.4 Å². The molecule has 5 atom stereocenters. The molecule has 244 valence electrons. The van der Waals surface area contributed by atoms with Gasteiger partial charge in [-0.3, -0.25) is 24.1 Å². The number of fused-ring (bicyclic) bond motifs is 3. The van der Waals surface area contributed by atoms with Crippen molar-refractivity contribution in [2.75, 3.05) is 26.5 Å². The number of carbonyl (C=O) groups is 4. The number of phenols is 1. The van der Waals surface area contributed by atoms with E-state index in [0.29, 0.717) is 28.8 Å². The van der Waals surface area contributed by atoms with Crippen LogP contribution < -0.4 is 16.4 Å². The first-order valence-corrected chi connectivity index (χ1v) is 15.0. The minimum Gasteiger partial charge on any atom is -0.508 e. The second kappa shape index (κ2) is 11.1. The number of aliphatic hydroxyl groups excluding tert-OH is 2. The summed E-state index contributed by atoms with van der Waals surface area (Å²) in [5.41, 5.74) is 1.21. The second-order valence-electron chi connectivity index (χ2n) is 13.4. The van der Waals surface area contributed by atoms with Gasteiger partial charge in [0.2, 0.25) is 11.7 Å². The number of amides is 2. The minimum absolute atomic E-state index is 0.00130. The SMILES string of the molecule is CNC(C)CC(=O)Nc1ccc(-c2ccc(O)c3c2C[C@@]2(C)C[C@@]4(C)[C@H](N(C)C)C(=O)C(C(N)=O)=C(O)[C@@]4(O)C(=O)C2=C3O)cc1. The molecule has 0 heterocycles. The average Bonchev–Trinajstić information content (AvgIpc) is 2.95. The number of hydrogen-bond donors (Lipinski definition) is 7. The number of likely N-dealkylation sites (N-methyl/N-ethyl adjacent to an activating group) is 1. The van der Waals surface area contributed by atoms with E-state index in [1.165, 1.54) is 17.9 Å². The van der Waals surface area contributed by atoms with Crippen LogP contribution in [0.2, 0.25) is 0 Å². The number of primary amides is 1.